The molecular formula is C13H15ClN2O3S. The van der Waals surface area contributed by atoms with Crippen molar-refractivity contribution in [3.05, 3.63) is 28.8 Å². The molecule has 1 unspecified atom stereocenters. The fraction of sp³-hybridized carbons (Fsp3) is 0.385. The molecule has 1 saturated heterocycles. The number of hydrogen-bond donors (Lipinski definition) is 3. The maximum atomic E-state index is 11.8. The average Bonchev–Trinajstić information content (AvgIpc) is 2.41. The summed E-state index contributed by atoms with van der Waals surface area (Å²) in [7, 11) is 0. The monoisotopic (exact) mass is 314 g/mol. The third-order valence-electron chi connectivity index (χ3n) is 2.95. The molecule has 2 amide bonds. The Morgan fingerprint density at radius 3 is 2.85 bits per heavy atom. The van der Waals surface area contributed by atoms with Crippen molar-refractivity contribution < 1.29 is 14.7 Å². The van der Waals surface area contributed by atoms with Crippen LogP contribution in [0.15, 0.2) is 18.2 Å². The van der Waals surface area contributed by atoms with Gasteiger partial charge in [-0.15, -0.1) is 0 Å². The molecule has 0 aliphatic carbocycles. The maximum absolute atomic E-state index is 11.8. The highest BCUT2D eigenvalue weighted by Gasteiger charge is 2.16. The Balaban J connectivity index is 1.96. The quantitative estimate of drug-likeness (QED) is 0.801. The highest BCUT2D eigenvalue weighted by molar-refractivity contribution is 7.99. The Hall–Kier alpha value is -1.40. The third-order valence-corrected chi connectivity index (χ3v) is 4.50. The standard InChI is InChI=1S/C13H15ClN2O3S/c14-11-4-3-8(6-10(11)12(17)18)15-13(19)16-9-2-1-5-20-7-9/h3-4,6,9H,1-2,5,7H2,(H,17,18)(H2,15,16,19). The Morgan fingerprint density at radius 2 is 2.20 bits per heavy atom. The molecule has 2 rings (SSSR count). The summed E-state index contributed by atoms with van der Waals surface area (Å²) in [5, 5.41) is 14.6. The van der Waals surface area contributed by atoms with E-state index in [1.54, 1.807) is 6.07 Å². The molecule has 5 nitrogen and oxygen atoms in total. The smallest absolute Gasteiger partial charge is 0.337 e. The molecule has 1 aromatic carbocycles. The van der Waals surface area contributed by atoms with Gasteiger partial charge in [-0.25, -0.2) is 9.59 Å². The molecule has 0 aromatic heterocycles. The van der Waals surface area contributed by atoms with Crippen LogP contribution < -0.4 is 10.6 Å². The van der Waals surface area contributed by atoms with E-state index < -0.39 is 5.97 Å². The molecule has 1 aliphatic rings. The normalized spacial score (nSPS) is 18.4. The van der Waals surface area contributed by atoms with E-state index >= 15 is 0 Å². The largest absolute Gasteiger partial charge is 0.478 e. The van der Waals surface area contributed by atoms with Gasteiger partial charge in [0, 0.05) is 17.5 Å². The van der Waals surface area contributed by atoms with E-state index in [9.17, 15) is 9.59 Å². The minimum atomic E-state index is -1.12. The van der Waals surface area contributed by atoms with Crippen LogP contribution in [0.5, 0.6) is 0 Å². The van der Waals surface area contributed by atoms with Gasteiger partial charge in [-0.2, -0.15) is 11.8 Å². The molecule has 0 bridgehead atoms. The van der Waals surface area contributed by atoms with Gasteiger partial charge in [-0.05, 0) is 36.8 Å². The van der Waals surface area contributed by atoms with Crippen LogP contribution in [-0.2, 0) is 0 Å². The summed E-state index contributed by atoms with van der Waals surface area (Å²) >= 11 is 7.59. The molecule has 7 heteroatoms. The van der Waals surface area contributed by atoms with Crippen LogP contribution in [0.3, 0.4) is 0 Å². The number of carbonyl (C=O) groups is 2. The number of anilines is 1. The first kappa shape index (κ1) is 15.0. The lowest BCUT2D eigenvalue weighted by molar-refractivity contribution is 0.0697. The van der Waals surface area contributed by atoms with Gasteiger partial charge >= 0.3 is 12.0 Å². The van der Waals surface area contributed by atoms with Crippen molar-refractivity contribution in [1.29, 1.82) is 0 Å². The maximum Gasteiger partial charge on any atom is 0.337 e. The summed E-state index contributed by atoms with van der Waals surface area (Å²) in [6.45, 7) is 0. The number of urea groups is 1. The summed E-state index contributed by atoms with van der Waals surface area (Å²) in [6, 6.07) is 4.22. The number of carbonyl (C=O) groups excluding carboxylic acids is 1. The molecule has 0 spiro atoms. The summed E-state index contributed by atoms with van der Waals surface area (Å²) in [5.41, 5.74) is 0.380. The number of nitrogens with one attached hydrogen (secondary N) is 2. The molecule has 1 aromatic rings. The first-order valence-electron chi connectivity index (χ1n) is 6.24. The number of amides is 2. The van der Waals surface area contributed by atoms with Crippen LogP contribution >= 0.6 is 23.4 Å². The zero-order chi connectivity index (χ0) is 14.5. The lowest BCUT2D eigenvalue weighted by Gasteiger charge is -2.22. The van der Waals surface area contributed by atoms with Gasteiger partial charge in [-0.3, -0.25) is 0 Å². The highest BCUT2D eigenvalue weighted by atomic mass is 35.5. The number of thioether (sulfide) groups is 1. The molecule has 1 heterocycles. The third kappa shape index (κ3) is 4.05. The van der Waals surface area contributed by atoms with Crippen molar-refractivity contribution in [2.75, 3.05) is 16.8 Å². The first-order chi connectivity index (χ1) is 9.56. The molecule has 1 aliphatic heterocycles. The number of benzene rings is 1. The lowest BCUT2D eigenvalue weighted by Crippen LogP contribution is -2.40. The van der Waals surface area contributed by atoms with Gasteiger partial charge in [0.15, 0.2) is 0 Å². The van der Waals surface area contributed by atoms with Crippen molar-refractivity contribution in [3.8, 4) is 0 Å². The first-order valence-corrected chi connectivity index (χ1v) is 7.77. The summed E-state index contributed by atoms with van der Waals surface area (Å²) in [6.07, 6.45) is 2.07. The van der Waals surface area contributed by atoms with Gasteiger partial charge in [0.2, 0.25) is 0 Å². The van der Waals surface area contributed by atoms with Crippen LogP contribution in [0, 0.1) is 0 Å². The van der Waals surface area contributed by atoms with E-state index in [-0.39, 0.29) is 22.7 Å². The molecule has 108 valence electrons. The minimum Gasteiger partial charge on any atom is -0.478 e. The zero-order valence-electron chi connectivity index (χ0n) is 10.7. The van der Waals surface area contributed by atoms with Gasteiger partial charge in [-0.1, -0.05) is 11.6 Å². The van der Waals surface area contributed by atoms with Crippen LogP contribution in [0.4, 0.5) is 10.5 Å². The second-order valence-corrected chi connectivity index (χ2v) is 6.07. The van der Waals surface area contributed by atoms with Crippen molar-refractivity contribution in [3.63, 3.8) is 0 Å². The molecule has 3 N–H and O–H groups in total. The van der Waals surface area contributed by atoms with E-state index in [1.165, 1.54) is 12.1 Å². The van der Waals surface area contributed by atoms with Crippen molar-refractivity contribution in [2.45, 2.75) is 18.9 Å². The van der Waals surface area contributed by atoms with Crippen molar-refractivity contribution in [1.82, 2.24) is 5.32 Å². The number of carboxylic acids is 1. The predicted octanol–water partition coefficient (Wildman–Crippen LogP) is 3.06. The topological polar surface area (TPSA) is 78.4 Å². The van der Waals surface area contributed by atoms with Gasteiger partial charge in [0.05, 0.1) is 10.6 Å². The molecular weight excluding hydrogens is 300 g/mol. The Morgan fingerprint density at radius 1 is 1.40 bits per heavy atom. The summed E-state index contributed by atoms with van der Waals surface area (Å²) in [5.74, 6) is 0.927. The fourth-order valence-corrected chi connectivity index (χ4v) is 3.24. The molecule has 1 fully saturated rings. The van der Waals surface area contributed by atoms with Crippen molar-refractivity contribution >= 4 is 41.1 Å². The molecule has 0 saturated carbocycles. The SMILES string of the molecule is O=C(Nc1ccc(Cl)c(C(=O)O)c1)NC1CCCSC1. The van der Waals surface area contributed by atoms with E-state index in [4.69, 9.17) is 16.7 Å². The average molecular weight is 315 g/mol. The number of halogens is 1. The molecule has 1 atom stereocenters. The Kier molecular flexibility index (Phi) is 5.14. The second-order valence-electron chi connectivity index (χ2n) is 4.51. The number of aromatic carboxylic acids is 1. The number of hydrogen-bond acceptors (Lipinski definition) is 3. The van der Waals surface area contributed by atoms with Crippen molar-refractivity contribution in [2.24, 2.45) is 0 Å². The Bertz CT molecular complexity index is 518. The van der Waals surface area contributed by atoms with Gasteiger partial charge in [0.1, 0.15) is 0 Å². The lowest BCUT2D eigenvalue weighted by atomic mass is 10.2. The molecule has 20 heavy (non-hydrogen) atoms. The number of rotatable bonds is 3. The summed E-state index contributed by atoms with van der Waals surface area (Å²) in [4.78, 5) is 22.8. The van der Waals surface area contributed by atoms with E-state index in [1.807, 2.05) is 11.8 Å². The van der Waals surface area contributed by atoms with Gasteiger partial charge in [0.25, 0.3) is 0 Å². The van der Waals surface area contributed by atoms with Crippen LogP contribution in [-0.4, -0.2) is 34.7 Å². The highest BCUT2D eigenvalue weighted by Crippen LogP contribution is 2.21. The van der Waals surface area contributed by atoms with Crippen LogP contribution in [0.1, 0.15) is 23.2 Å². The van der Waals surface area contributed by atoms with Crippen LogP contribution in [0.25, 0.3) is 0 Å². The van der Waals surface area contributed by atoms with E-state index in [2.05, 4.69) is 10.6 Å². The van der Waals surface area contributed by atoms with E-state index in [0.717, 1.165) is 24.3 Å². The Labute approximate surface area is 126 Å². The number of carboxylic acid groups (broad SMARTS) is 1. The van der Waals surface area contributed by atoms with Crippen LogP contribution in [0.2, 0.25) is 5.02 Å². The molecule has 0 radical (unpaired) electrons. The minimum absolute atomic E-state index is 0.0299. The van der Waals surface area contributed by atoms with Gasteiger partial charge < -0.3 is 15.7 Å². The van der Waals surface area contributed by atoms with E-state index in [0.29, 0.717) is 5.69 Å². The predicted molar refractivity (Wildman–Crippen MR) is 80.9 cm³/mol. The zero-order valence-corrected chi connectivity index (χ0v) is 12.3. The fourth-order valence-electron chi connectivity index (χ4n) is 1.97. The summed E-state index contributed by atoms with van der Waals surface area (Å²) < 4.78 is 0. The second kappa shape index (κ2) is 6.85.